The summed E-state index contributed by atoms with van der Waals surface area (Å²) in [6.45, 7) is -0.0376. The van der Waals surface area contributed by atoms with Gasteiger partial charge in [0.15, 0.2) is 21.4 Å². The molecule has 16 heavy (non-hydrogen) atoms. The van der Waals surface area contributed by atoms with Crippen LogP contribution in [0.5, 0.6) is 5.75 Å². The van der Waals surface area contributed by atoms with Gasteiger partial charge in [-0.3, -0.25) is 0 Å². The monoisotopic (exact) mass is 249 g/mol. The van der Waals surface area contributed by atoms with E-state index in [1.165, 1.54) is 13.2 Å². The first-order chi connectivity index (χ1) is 7.41. The van der Waals surface area contributed by atoms with Crippen molar-refractivity contribution in [3.05, 3.63) is 23.5 Å². The quantitative estimate of drug-likeness (QED) is 0.769. The summed E-state index contributed by atoms with van der Waals surface area (Å²) in [6, 6.07) is 2.52. The van der Waals surface area contributed by atoms with Crippen LogP contribution in [0.3, 0.4) is 0 Å². The molecule has 0 bridgehead atoms. The van der Waals surface area contributed by atoms with Crippen molar-refractivity contribution in [1.82, 2.24) is 5.48 Å². The molecule has 1 aromatic carbocycles. The van der Waals surface area contributed by atoms with Crippen molar-refractivity contribution in [2.75, 3.05) is 13.4 Å². The second-order valence-corrected chi connectivity index (χ2v) is 5.16. The van der Waals surface area contributed by atoms with E-state index in [-0.39, 0.29) is 12.3 Å². The van der Waals surface area contributed by atoms with Gasteiger partial charge in [0.05, 0.1) is 7.11 Å². The van der Waals surface area contributed by atoms with Crippen LogP contribution in [0, 0.1) is 5.82 Å². The molecule has 2 N–H and O–H groups in total. The summed E-state index contributed by atoms with van der Waals surface area (Å²) in [4.78, 5) is -0.425. The van der Waals surface area contributed by atoms with Gasteiger partial charge >= 0.3 is 0 Å². The van der Waals surface area contributed by atoms with E-state index in [0.717, 1.165) is 12.3 Å². The molecule has 0 aliphatic heterocycles. The van der Waals surface area contributed by atoms with E-state index in [1.807, 2.05) is 5.48 Å². The Hall–Kier alpha value is -1.18. The topological polar surface area (TPSA) is 75.6 Å². The van der Waals surface area contributed by atoms with Crippen molar-refractivity contribution in [3.63, 3.8) is 0 Å². The maximum atomic E-state index is 13.7. The molecule has 0 aromatic heterocycles. The molecule has 0 saturated heterocycles. The molecule has 90 valence electrons. The largest absolute Gasteiger partial charge is 0.493 e. The van der Waals surface area contributed by atoms with Crippen LogP contribution in [0.2, 0.25) is 0 Å². The first kappa shape index (κ1) is 12.9. The summed E-state index contributed by atoms with van der Waals surface area (Å²) in [5.74, 6) is -1.14. The van der Waals surface area contributed by atoms with Crippen LogP contribution in [0.25, 0.3) is 0 Å². The molecular weight excluding hydrogens is 237 g/mol. The molecule has 0 fully saturated rings. The number of rotatable bonds is 4. The van der Waals surface area contributed by atoms with Gasteiger partial charge in [0.2, 0.25) is 0 Å². The maximum absolute atomic E-state index is 13.7. The Morgan fingerprint density at radius 1 is 1.50 bits per heavy atom. The summed E-state index contributed by atoms with van der Waals surface area (Å²) in [7, 11) is -2.41. The van der Waals surface area contributed by atoms with Gasteiger partial charge < -0.3 is 9.94 Å². The number of halogens is 1. The molecule has 0 heterocycles. The zero-order valence-electron chi connectivity index (χ0n) is 8.82. The van der Waals surface area contributed by atoms with Gasteiger partial charge in [0.25, 0.3) is 0 Å². The van der Waals surface area contributed by atoms with Gasteiger partial charge in [-0.2, -0.15) is 0 Å². The van der Waals surface area contributed by atoms with Crippen LogP contribution in [0.15, 0.2) is 17.0 Å². The van der Waals surface area contributed by atoms with Crippen LogP contribution >= 0.6 is 0 Å². The van der Waals surface area contributed by atoms with Gasteiger partial charge in [-0.1, -0.05) is 6.07 Å². The van der Waals surface area contributed by atoms with Gasteiger partial charge in [0.1, 0.15) is 4.90 Å². The van der Waals surface area contributed by atoms with Crippen molar-refractivity contribution in [1.29, 1.82) is 0 Å². The highest BCUT2D eigenvalue weighted by Crippen LogP contribution is 2.28. The number of benzene rings is 1. The van der Waals surface area contributed by atoms with Crippen molar-refractivity contribution < 1.29 is 22.8 Å². The van der Waals surface area contributed by atoms with Crippen molar-refractivity contribution in [2.24, 2.45) is 0 Å². The summed E-state index contributed by atoms with van der Waals surface area (Å²) >= 11 is 0. The van der Waals surface area contributed by atoms with Crippen molar-refractivity contribution in [3.8, 4) is 5.75 Å². The number of ether oxygens (including phenoxy) is 1. The molecule has 0 spiro atoms. The molecule has 0 unspecified atom stereocenters. The second kappa shape index (κ2) is 4.77. The van der Waals surface area contributed by atoms with Gasteiger partial charge in [-0.05, 0) is 6.07 Å². The fourth-order valence-electron chi connectivity index (χ4n) is 1.31. The third-order valence-electron chi connectivity index (χ3n) is 2.02. The van der Waals surface area contributed by atoms with Crippen molar-refractivity contribution >= 4 is 9.84 Å². The summed E-state index contributed by atoms with van der Waals surface area (Å²) in [5, 5.41) is 8.51. The van der Waals surface area contributed by atoms with E-state index in [4.69, 9.17) is 9.94 Å². The SMILES string of the molecule is COc1c(CNO)ccc(S(C)(=O)=O)c1F. The van der Waals surface area contributed by atoms with Gasteiger partial charge in [-0.15, -0.1) is 0 Å². The zero-order chi connectivity index (χ0) is 12.3. The van der Waals surface area contributed by atoms with E-state index in [9.17, 15) is 12.8 Å². The zero-order valence-corrected chi connectivity index (χ0v) is 9.64. The smallest absolute Gasteiger partial charge is 0.183 e. The molecule has 5 nitrogen and oxygen atoms in total. The van der Waals surface area contributed by atoms with Crippen LogP contribution < -0.4 is 10.2 Å². The van der Waals surface area contributed by atoms with Crippen LogP contribution in [0.1, 0.15) is 5.56 Å². The van der Waals surface area contributed by atoms with Crippen molar-refractivity contribution in [2.45, 2.75) is 11.4 Å². The van der Waals surface area contributed by atoms with Crippen LogP contribution in [-0.2, 0) is 16.4 Å². The minimum atomic E-state index is -3.64. The highest BCUT2D eigenvalue weighted by Gasteiger charge is 2.20. The Labute approximate surface area is 92.7 Å². The molecular formula is C9H12FNO4S. The Balaban J connectivity index is 3.40. The molecule has 7 heteroatoms. The van der Waals surface area contributed by atoms with E-state index >= 15 is 0 Å². The number of hydroxylamine groups is 1. The highest BCUT2D eigenvalue weighted by molar-refractivity contribution is 7.90. The molecule has 0 aliphatic carbocycles. The third kappa shape index (κ3) is 2.49. The lowest BCUT2D eigenvalue weighted by Gasteiger charge is -2.11. The number of hydrogen-bond donors (Lipinski definition) is 2. The van der Waals surface area contributed by atoms with E-state index in [1.54, 1.807) is 0 Å². The average molecular weight is 249 g/mol. The normalized spacial score (nSPS) is 11.5. The number of nitrogens with one attached hydrogen (secondary N) is 1. The Kier molecular flexibility index (Phi) is 3.84. The van der Waals surface area contributed by atoms with Gasteiger partial charge in [-0.25, -0.2) is 18.3 Å². The molecule has 0 atom stereocenters. The average Bonchev–Trinajstić information content (AvgIpc) is 2.16. The van der Waals surface area contributed by atoms with E-state index in [0.29, 0.717) is 5.56 Å². The minimum Gasteiger partial charge on any atom is -0.493 e. The summed E-state index contributed by atoms with van der Waals surface area (Å²) in [6.07, 6.45) is 0.912. The number of methoxy groups -OCH3 is 1. The third-order valence-corrected chi connectivity index (χ3v) is 3.13. The predicted octanol–water partition coefficient (Wildman–Crippen LogP) is 0.717. The van der Waals surface area contributed by atoms with Crippen LogP contribution in [0.4, 0.5) is 4.39 Å². The lowest BCUT2D eigenvalue weighted by Crippen LogP contribution is -2.10. The second-order valence-electron chi connectivity index (χ2n) is 3.18. The maximum Gasteiger partial charge on any atom is 0.183 e. The Morgan fingerprint density at radius 2 is 2.12 bits per heavy atom. The fourth-order valence-corrected chi connectivity index (χ4v) is 2.04. The highest BCUT2D eigenvalue weighted by atomic mass is 32.2. The first-order valence-corrected chi connectivity index (χ1v) is 6.23. The predicted molar refractivity (Wildman–Crippen MR) is 54.7 cm³/mol. The molecule has 1 aromatic rings. The molecule has 1 rings (SSSR count). The van der Waals surface area contributed by atoms with E-state index < -0.39 is 20.5 Å². The lowest BCUT2D eigenvalue weighted by atomic mass is 10.2. The van der Waals surface area contributed by atoms with Crippen LogP contribution in [-0.4, -0.2) is 27.0 Å². The standard InChI is InChI=1S/C9H12FNO4S/c1-15-9-6(5-11-12)3-4-7(8(9)10)16(2,13)14/h3-4,11-12H,5H2,1-2H3. The Bertz CT molecular complexity index is 487. The molecule has 0 radical (unpaired) electrons. The Morgan fingerprint density at radius 3 is 2.56 bits per heavy atom. The minimum absolute atomic E-state index is 0.0376. The van der Waals surface area contributed by atoms with Gasteiger partial charge in [0, 0.05) is 18.4 Å². The molecule has 0 amide bonds. The first-order valence-electron chi connectivity index (χ1n) is 4.34. The number of hydrogen-bond acceptors (Lipinski definition) is 5. The number of sulfone groups is 1. The lowest BCUT2D eigenvalue weighted by molar-refractivity contribution is 0.160. The molecule has 0 aliphatic rings. The summed E-state index contributed by atoms with van der Waals surface area (Å²) in [5.41, 5.74) is 2.18. The fraction of sp³-hybridized carbons (Fsp3) is 0.333. The molecule has 0 saturated carbocycles. The summed E-state index contributed by atoms with van der Waals surface area (Å²) < 4.78 is 41.0. The van der Waals surface area contributed by atoms with E-state index in [2.05, 4.69) is 0 Å².